The minimum absolute atomic E-state index is 0.811. The van der Waals surface area contributed by atoms with E-state index in [2.05, 4.69) is 41.2 Å². The lowest BCUT2D eigenvalue weighted by Gasteiger charge is -2.07. The molecule has 0 saturated heterocycles. The quantitative estimate of drug-likeness (QED) is 0.571. The maximum atomic E-state index is 3.48. The summed E-state index contributed by atoms with van der Waals surface area (Å²) in [4.78, 5) is 1.32. The second kappa shape index (κ2) is 5.42. The number of thioether (sulfide) groups is 1. The van der Waals surface area contributed by atoms with Crippen molar-refractivity contribution in [3.63, 3.8) is 0 Å². The molecule has 0 unspecified atom stereocenters. The molecule has 0 amide bonds. The van der Waals surface area contributed by atoms with Crippen molar-refractivity contribution in [2.75, 3.05) is 24.7 Å². The molecule has 2 nitrogen and oxygen atoms in total. The predicted octanol–water partition coefficient (Wildman–Crippen LogP) is 2.57. The van der Waals surface area contributed by atoms with Crippen molar-refractivity contribution in [1.29, 1.82) is 0 Å². The highest BCUT2D eigenvalue weighted by atomic mass is 32.2. The van der Waals surface area contributed by atoms with Gasteiger partial charge in [-0.1, -0.05) is 0 Å². The molecule has 0 radical (unpaired) electrons. The lowest BCUT2D eigenvalue weighted by Crippen LogP contribution is -2.23. The summed E-state index contributed by atoms with van der Waals surface area (Å²) in [6.45, 7) is 2.07. The predicted molar refractivity (Wildman–Crippen MR) is 67.7 cm³/mol. The number of benzene rings is 1. The lowest BCUT2D eigenvalue weighted by molar-refractivity contribution is 0.701. The van der Waals surface area contributed by atoms with Crippen LogP contribution in [0.1, 0.15) is 12.8 Å². The Kier molecular flexibility index (Phi) is 3.92. The second-order valence-corrected chi connectivity index (χ2v) is 4.76. The van der Waals surface area contributed by atoms with Crippen molar-refractivity contribution < 1.29 is 0 Å². The van der Waals surface area contributed by atoms with E-state index in [9.17, 15) is 0 Å². The van der Waals surface area contributed by atoms with Gasteiger partial charge < -0.3 is 10.6 Å². The van der Waals surface area contributed by atoms with Gasteiger partial charge in [-0.05, 0) is 43.4 Å². The van der Waals surface area contributed by atoms with Gasteiger partial charge in [0.15, 0.2) is 0 Å². The van der Waals surface area contributed by atoms with Gasteiger partial charge in [0.2, 0.25) is 0 Å². The third-order valence-corrected chi connectivity index (χ3v) is 3.30. The fourth-order valence-corrected chi connectivity index (χ4v) is 1.89. The first-order valence-electron chi connectivity index (χ1n) is 5.50. The minimum Gasteiger partial charge on any atom is -0.384 e. The summed E-state index contributed by atoms with van der Waals surface area (Å²) in [5.74, 6) is 0. The summed E-state index contributed by atoms with van der Waals surface area (Å²) in [5.41, 5.74) is 1.21. The molecule has 0 atom stereocenters. The van der Waals surface area contributed by atoms with Crippen LogP contribution < -0.4 is 10.6 Å². The monoisotopic (exact) mass is 222 g/mol. The number of anilines is 1. The molecular weight excluding hydrogens is 204 g/mol. The van der Waals surface area contributed by atoms with Crippen LogP contribution in [-0.2, 0) is 0 Å². The first kappa shape index (κ1) is 10.8. The van der Waals surface area contributed by atoms with Gasteiger partial charge in [0.1, 0.15) is 0 Å². The number of nitrogens with one attached hydrogen (secondary N) is 2. The molecule has 2 rings (SSSR count). The number of hydrogen-bond acceptors (Lipinski definition) is 3. The third kappa shape index (κ3) is 3.76. The van der Waals surface area contributed by atoms with Crippen LogP contribution in [0.2, 0.25) is 0 Å². The fourth-order valence-electron chi connectivity index (χ4n) is 1.48. The van der Waals surface area contributed by atoms with E-state index >= 15 is 0 Å². The van der Waals surface area contributed by atoms with Gasteiger partial charge >= 0.3 is 0 Å². The van der Waals surface area contributed by atoms with E-state index in [4.69, 9.17) is 0 Å². The lowest BCUT2D eigenvalue weighted by atomic mass is 10.3. The SMILES string of the molecule is CSc1ccc(NCCNC2CC2)cc1. The van der Waals surface area contributed by atoms with Crippen LogP contribution in [-0.4, -0.2) is 25.4 Å². The molecular formula is C12H18N2S. The largest absolute Gasteiger partial charge is 0.384 e. The van der Waals surface area contributed by atoms with E-state index in [0.717, 1.165) is 19.1 Å². The molecule has 1 aromatic carbocycles. The van der Waals surface area contributed by atoms with E-state index in [1.165, 1.54) is 23.4 Å². The Morgan fingerprint density at radius 1 is 1.20 bits per heavy atom. The Hall–Kier alpha value is -0.670. The van der Waals surface area contributed by atoms with Crippen molar-refractivity contribution >= 4 is 17.4 Å². The van der Waals surface area contributed by atoms with Crippen LogP contribution in [0.4, 0.5) is 5.69 Å². The maximum absolute atomic E-state index is 3.48. The molecule has 0 bridgehead atoms. The van der Waals surface area contributed by atoms with Gasteiger partial charge in [-0.2, -0.15) is 0 Å². The zero-order chi connectivity index (χ0) is 10.5. The van der Waals surface area contributed by atoms with Gasteiger partial charge in [-0.3, -0.25) is 0 Å². The molecule has 0 aromatic heterocycles. The first-order valence-corrected chi connectivity index (χ1v) is 6.72. The molecule has 0 aliphatic heterocycles. The fraction of sp³-hybridized carbons (Fsp3) is 0.500. The van der Waals surface area contributed by atoms with Crippen molar-refractivity contribution in [3.05, 3.63) is 24.3 Å². The molecule has 1 aliphatic rings. The summed E-state index contributed by atoms with van der Waals surface area (Å²) >= 11 is 1.78. The van der Waals surface area contributed by atoms with Gasteiger partial charge in [0, 0.05) is 29.7 Å². The summed E-state index contributed by atoms with van der Waals surface area (Å²) in [6.07, 6.45) is 4.83. The Labute approximate surface area is 95.8 Å². The second-order valence-electron chi connectivity index (χ2n) is 3.88. The molecule has 0 spiro atoms. The summed E-state index contributed by atoms with van der Waals surface area (Å²) in [5, 5.41) is 6.89. The van der Waals surface area contributed by atoms with Crippen LogP contribution in [0.25, 0.3) is 0 Å². The molecule has 15 heavy (non-hydrogen) atoms. The van der Waals surface area contributed by atoms with Crippen molar-refractivity contribution in [3.8, 4) is 0 Å². The van der Waals surface area contributed by atoms with E-state index in [1.54, 1.807) is 11.8 Å². The highest BCUT2D eigenvalue weighted by molar-refractivity contribution is 7.98. The third-order valence-electron chi connectivity index (χ3n) is 2.55. The summed E-state index contributed by atoms with van der Waals surface area (Å²) in [6, 6.07) is 9.40. The van der Waals surface area contributed by atoms with Gasteiger partial charge in [0.05, 0.1) is 0 Å². The molecule has 1 aromatic rings. The molecule has 1 fully saturated rings. The average molecular weight is 222 g/mol. The topological polar surface area (TPSA) is 24.1 Å². The van der Waals surface area contributed by atoms with Gasteiger partial charge in [-0.15, -0.1) is 11.8 Å². The normalized spacial score (nSPS) is 15.3. The van der Waals surface area contributed by atoms with Crippen molar-refractivity contribution in [2.24, 2.45) is 0 Å². The van der Waals surface area contributed by atoms with E-state index in [1.807, 2.05) is 0 Å². The van der Waals surface area contributed by atoms with Crippen molar-refractivity contribution in [1.82, 2.24) is 5.32 Å². The molecule has 1 aliphatic carbocycles. The molecule has 82 valence electrons. The Bertz CT molecular complexity index is 293. The Morgan fingerprint density at radius 3 is 2.53 bits per heavy atom. The minimum atomic E-state index is 0.811. The highest BCUT2D eigenvalue weighted by Crippen LogP contribution is 2.18. The van der Waals surface area contributed by atoms with Gasteiger partial charge in [-0.25, -0.2) is 0 Å². The van der Waals surface area contributed by atoms with Crippen molar-refractivity contribution in [2.45, 2.75) is 23.8 Å². The number of rotatable bonds is 6. The zero-order valence-electron chi connectivity index (χ0n) is 9.12. The van der Waals surface area contributed by atoms with E-state index in [0.29, 0.717) is 0 Å². The summed E-state index contributed by atoms with van der Waals surface area (Å²) in [7, 11) is 0. The van der Waals surface area contributed by atoms with E-state index in [-0.39, 0.29) is 0 Å². The Balaban J connectivity index is 1.67. The first-order chi connectivity index (χ1) is 7.38. The van der Waals surface area contributed by atoms with Crippen LogP contribution in [0.5, 0.6) is 0 Å². The van der Waals surface area contributed by atoms with Crippen LogP contribution >= 0.6 is 11.8 Å². The summed E-state index contributed by atoms with van der Waals surface area (Å²) < 4.78 is 0. The number of hydrogen-bond donors (Lipinski definition) is 2. The molecule has 0 heterocycles. The standard InChI is InChI=1S/C12H18N2S/c1-15-12-6-4-11(5-7-12)14-9-8-13-10-2-3-10/h4-7,10,13-14H,2-3,8-9H2,1H3. The van der Waals surface area contributed by atoms with Crippen LogP contribution in [0, 0.1) is 0 Å². The smallest absolute Gasteiger partial charge is 0.0341 e. The highest BCUT2D eigenvalue weighted by Gasteiger charge is 2.19. The van der Waals surface area contributed by atoms with Crippen LogP contribution in [0.15, 0.2) is 29.2 Å². The van der Waals surface area contributed by atoms with Crippen LogP contribution in [0.3, 0.4) is 0 Å². The maximum Gasteiger partial charge on any atom is 0.0341 e. The Morgan fingerprint density at radius 2 is 1.93 bits per heavy atom. The van der Waals surface area contributed by atoms with E-state index < -0.39 is 0 Å². The zero-order valence-corrected chi connectivity index (χ0v) is 9.94. The molecule has 1 saturated carbocycles. The molecule has 2 N–H and O–H groups in total. The molecule has 3 heteroatoms. The average Bonchev–Trinajstić information content (AvgIpc) is 3.09. The van der Waals surface area contributed by atoms with Gasteiger partial charge in [0.25, 0.3) is 0 Å².